The minimum absolute atomic E-state index is 0.262. The summed E-state index contributed by atoms with van der Waals surface area (Å²) in [5, 5.41) is 3.39. The molecule has 2 fully saturated rings. The lowest BCUT2D eigenvalue weighted by atomic mass is 9.96. The second-order valence-corrected chi connectivity index (χ2v) is 4.37. The van der Waals surface area contributed by atoms with Crippen LogP contribution in [0.3, 0.4) is 0 Å². The van der Waals surface area contributed by atoms with Crippen LogP contribution < -0.4 is 11.1 Å². The normalized spacial score (nSPS) is 33.7. The third kappa shape index (κ3) is 1.77. The summed E-state index contributed by atoms with van der Waals surface area (Å²) in [6, 6.07) is 0.462. The first-order valence-electron chi connectivity index (χ1n) is 5.38. The molecule has 1 unspecified atom stereocenters. The molecule has 0 aromatic rings. The number of nitrogens with two attached hydrogens (primary N) is 1. The van der Waals surface area contributed by atoms with Crippen molar-refractivity contribution in [3.63, 3.8) is 0 Å². The zero-order valence-corrected chi connectivity index (χ0v) is 8.42. The predicted molar refractivity (Wildman–Crippen MR) is 52.8 cm³/mol. The fraction of sp³-hybridized carbons (Fsp3) is 0.900. The third-order valence-corrected chi connectivity index (χ3v) is 3.33. The van der Waals surface area contributed by atoms with E-state index in [1.165, 1.54) is 12.8 Å². The highest BCUT2D eigenvalue weighted by Gasteiger charge is 2.42. The molecule has 80 valence electrons. The van der Waals surface area contributed by atoms with E-state index in [1.807, 2.05) is 0 Å². The fourth-order valence-electron chi connectivity index (χ4n) is 2.41. The van der Waals surface area contributed by atoms with Crippen LogP contribution in [-0.2, 0) is 9.53 Å². The molecule has 3 N–H and O–H groups in total. The van der Waals surface area contributed by atoms with Gasteiger partial charge in [-0.1, -0.05) is 12.8 Å². The quantitative estimate of drug-likeness (QED) is 0.679. The zero-order chi connectivity index (χ0) is 10.0. The van der Waals surface area contributed by atoms with Gasteiger partial charge in [-0.15, -0.1) is 0 Å². The molecule has 1 aliphatic heterocycles. The van der Waals surface area contributed by atoms with Gasteiger partial charge in [-0.2, -0.15) is 0 Å². The summed E-state index contributed by atoms with van der Waals surface area (Å²) >= 11 is 0. The summed E-state index contributed by atoms with van der Waals surface area (Å²) in [4.78, 5) is 11.4. The Balaban J connectivity index is 1.99. The maximum atomic E-state index is 11.4. The monoisotopic (exact) mass is 198 g/mol. The number of nitrogens with one attached hydrogen (secondary N) is 1. The zero-order valence-electron chi connectivity index (χ0n) is 8.42. The van der Waals surface area contributed by atoms with Gasteiger partial charge in [0.05, 0.1) is 6.61 Å². The second kappa shape index (κ2) is 3.87. The van der Waals surface area contributed by atoms with Crippen molar-refractivity contribution < 1.29 is 9.53 Å². The molecule has 1 atom stereocenters. The Kier molecular flexibility index (Phi) is 2.74. The summed E-state index contributed by atoms with van der Waals surface area (Å²) in [6.07, 6.45) is 5.56. The molecule has 1 saturated carbocycles. The standard InChI is InChI=1S/C10H18N2O2/c11-9(13)10(5-6-14-7-10)12-8-3-1-2-4-8/h8,12H,1-7H2,(H2,11,13). The second-order valence-electron chi connectivity index (χ2n) is 4.37. The topological polar surface area (TPSA) is 64.4 Å². The first-order chi connectivity index (χ1) is 6.73. The van der Waals surface area contributed by atoms with E-state index in [0.29, 0.717) is 19.3 Å². The lowest BCUT2D eigenvalue weighted by Crippen LogP contribution is -2.58. The van der Waals surface area contributed by atoms with E-state index < -0.39 is 5.54 Å². The Labute approximate surface area is 84.2 Å². The molecule has 0 bridgehead atoms. The van der Waals surface area contributed by atoms with E-state index >= 15 is 0 Å². The number of hydrogen-bond acceptors (Lipinski definition) is 3. The van der Waals surface area contributed by atoms with Crippen molar-refractivity contribution in [1.29, 1.82) is 0 Å². The molecule has 1 amide bonds. The first-order valence-corrected chi connectivity index (χ1v) is 5.38. The van der Waals surface area contributed by atoms with Crippen LogP contribution in [-0.4, -0.2) is 30.7 Å². The van der Waals surface area contributed by atoms with Crippen molar-refractivity contribution >= 4 is 5.91 Å². The maximum Gasteiger partial charge on any atom is 0.240 e. The third-order valence-electron chi connectivity index (χ3n) is 3.33. The van der Waals surface area contributed by atoms with Crippen molar-refractivity contribution in [1.82, 2.24) is 5.32 Å². The molecule has 4 heteroatoms. The predicted octanol–water partition coefficient (Wildman–Crippen LogP) is 0.163. The van der Waals surface area contributed by atoms with Crippen molar-refractivity contribution in [2.45, 2.75) is 43.7 Å². The van der Waals surface area contributed by atoms with Gasteiger partial charge in [-0.05, 0) is 12.8 Å². The van der Waals surface area contributed by atoms with Gasteiger partial charge in [0, 0.05) is 19.1 Å². The van der Waals surface area contributed by atoms with E-state index in [-0.39, 0.29) is 5.91 Å². The molecular formula is C10H18N2O2. The Morgan fingerprint density at radius 1 is 1.43 bits per heavy atom. The van der Waals surface area contributed by atoms with E-state index in [9.17, 15) is 4.79 Å². The highest BCUT2D eigenvalue weighted by Crippen LogP contribution is 2.24. The van der Waals surface area contributed by atoms with E-state index in [0.717, 1.165) is 19.3 Å². The average molecular weight is 198 g/mol. The molecule has 14 heavy (non-hydrogen) atoms. The van der Waals surface area contributed by atoms with Gasteiger partial charge in [0.1, 0.15) is 5.54 Å². The number of ether oxygens (including phenoxy) is 1. The summed E-state index contributed by atoms with van der Waals surface area (Å²) in [5.41, 5.74) is 4.86. The summed E-state index contributed by atoms with van der Waals surface area (Å²) in [6.45, 7) is 1.08. The molecule has 1 aliphatic carbocycles. The van der Waals surface area contributed by atoms with Gasteiger partial charge in [0.15, 0.2) is 0 Å². The van der Waals surface area contributed by atoms with Crippen molar-refractivity contribution in [2.75, 3.05) is 13.2 Å². The lowest BCUT2D eigenvalue weighted by Gasteiger charge is -2.28. The van der Waals surface area contributed by atoms with Crippen LogP contribution in [0, 0.1) is 0 Å². The van der Waals surface area contributed by atoms with Crippen LogP contribution in [0.15, 0.2) is 0 Å². The van der Waals surface area contributed by atoms with Crippen LogP contribution in [0.1, 0.15) is 32.1 Å². The Hall–Kier alpha value is -0.610. The van der Waals surface area contributed by atoms with Gasteiger partial charge < -0.3 is 10.5 Å². The minimum atomic E-state index is -0.574. The number of hydrogen-bond donors (Lipinski definition) is 2. The molecule has 2 rings (SSSR count). The van der Waals surface area contributed by atoms with Crippen LogP contribution in [0.4, 0.5) is 0 Å². The molecule has 2 aliphatic rings. The van der Waals surface area contributed by atoms with Crippen LogP contribution in [0.2, 0.25) is 0 Å². The van der Waals surface area contributed by atoms with Gasteiger partial charge in [0.2, 0.25) is 5.91 Å². The van der Waals surface area contributed by atoms with Crippen LogP contribution in [0.5, 0.6) is 0 Å². The SMILES string of the molecule is NC(=O)C1(NC2CCCC2)CCOC1. The highest BCUT2D eigenvalue weighted by atomic mass is 16.5. The fourth-order valence-corrected chi connectivity index (χ4v) is 2.41. The minimum Gasteiger partial charge on any atom is -0.379 e. The summed E-state index contributed by atoms with van der Waals surface area (Å²) < 4.78 is 5.27. The number of rotatable bonds is 3. The van der Waals surface area contributed by atoms with Gasteiger partial charge in [0.25, 0.3) is 0 Å². The Morgan fingerprint density at radius 2 is 2.14 bits per heavy atom. The first kappa shape index (κ1) is 9.93. The lowest BCUT2D eigenvalue weighted by molar-refractivity contribution is -0.124. The molecule has 4 nitrogen and oxygen atoms in total. The summed E-state index contributed by atoms with van der Waals surface area (Å²) in [5.74, 6) is -0.262. The van der Waals surface area contributed by atoms with Crippen LogP contribution >= 0.6 is 0 Å². The molecule has 0 radical (unpaired) electrons. The average Bonchev–Trinajstić information content (AvgIpc) is 2.76. The largest absolute Gasteiger partial charge is 0.379 e. The van der Waals surface area contributed by atoms with E-state index in [2.05, 4.69) is 5.32 Å². The molecular weight excluding hydrogens is 180 g/mol. The van der Waals surface area contributed by atoms with Gasteiger partial charge in [-0.3, -0.25) is 10.1 Å². The van der Waals surface area contributed by atoms with Crippen molar-refractivity contribution in [3.05, 3.63) is 0 Å². The molecule has 0 spiro atoms. The molecule has 1 heterocycles. The van der Waals surface area contributed by atoms with Crippen LogP contribution in [0.25, 0.3) is 0 Å². The van der Waals surface area contributed by atoms with E-state index in [1.54, 1.807) is 0 Å². The molecule has 0 aromatic carbocycles. The maximum absolute atomic E-state index is 11.4. The van der Waals surface area contributed by atoms with Gasteiger partial charge in [-0.25, -0.2) is 0 Å². The smallest absolute Gasteiger partial charge is 0.240 e. The number of carbonyl (C=O) groups excluding carboxylic acids is 1. The Bertz CT molecular complexity index is 218. The van der Waals surface area contributed by atoms with Crippen molar-refractivity contribution in [2.24, 2.45) is 5.73 Å². The number of primary amides is 1. The Morgan fingerprint density at radius 3 is 2.64 bits per heavy atom. The molecule has 0 aromatic heterocycles. The van der Waals surface area contributed by atoms with Gasteiger partial charge >= 0.3 is 0 Å². The number of carbonyl (C=O) groups is 1. The van der Waals surface area contributed by atoms with E-state index in [4.69, 9.17) is 10.5 Å². The molecule has 1 saturated heterocycles. The van der Waals surface area contributed by atoms with Crippen molar-refractivity contribution in [3.8, 4) is 0 Å². The highest BCUT2D eigenvalue weighted by molar-refractivity contribution is 5.85. The number of amides is 1. The summed E-state index contributed by atoms with van der Waals surface area (Å²) in [7, 11) is 0.